The Morgan fingerprint density at radius 1 is 1.12 bits per heavy atom. The number of nitrogens with one attached hydrogen (secondary N) is 2. The molecule has 4 nitrogen and oxygen atoms in total. The first kappa shape index (κ1) is 18.0. The largest absolute Gasteiger partial charge is 0.493 e. The van der Waals surface area contributed by atoms with Gasteiger partial charge in [0.25, 0.3) is 0 Å². The second-order valence-corrected chi connectivity index (χ2v) is 5.59. The van der Waals surface area contributed by atoms with Gasteiger partial charge >= 0.3 is 0 Å². The summed E-state index contributed by atoms with van der Waals surface area (Å²) in [7, 11) is 3.21. The first-order valence-corrected chi connectivity index (χ1v) is 8.03. The third-order valence-electron chi connectivity index (χ3n) is 3.61. The van der Waals surface area contributed by atoms with Gasteiger partial charge < -0.3 is 20.1 Å². The predicted molar refractivity (Wildman–Crippen MR) is 98.3 cm³/mol. The van der Waals surface area contributed by atoms with E-state index < -0.39 is 0 Å². The van der Waals surface area contributed by atoms with E-state index in [1.165, 1.54) is 12.1 Å². The summed E-state index contributed by atoms with van der Waals surface area (Å²) in [5, 5.41) is 6.67. The van der Waals surface area contributed by atoms with Gasteiger partial charge in [-0.15, -0.1) is 0 Å². The summed E-state index contributed by atoms with van der Waals surface area (Å²) >= 11 is 5.33. The van der Waals surface area contributed by atoms with Crippen LogP contribution in [0.15, 0.2) is 42.5 Å². The molecule has 0 aliphatic heterocycles. The van der Waals surface area contributed by atoms with E-state index >= 15 is 0 Å². The van der Waals surface area contributed by atoms with Crippen molar-refractivity contribution in [2.75, 3.05) is 19.5 Å². The van der Waals surface area contributed by atoms with Crippen LogP contribution >= 0.6 is 12.2 Å². The highest BCUT2D eigenvalue weighted by molar-refractivity contribution is 7.80. The minimum atomic E-state index is -0.310. The topological polar surface area (TPSA) is 42.5 Å². The van der Waals surface area contributed by atoms with Crippen LogP contribution in [0.2, 0.25) is 0 Å². The summed E-state index contributed by atoms with van der Waals surface area (Å²) in [6, 6.07) is 11.9. The maximum atomic E-state index is 13.2. The molecule has 2 rings (SSSR count). The van der Waals surface area contributed by atoms with Crippen LogP contribution in [-0.4, -0.2) is 19.3 Å². The molecule has 2 aromatic rings. The van der Waals surface area contributed by atoms with Gasteiger partial charge in [-0.1, -0.05) is 19.1 Å². The van der Waals surface area contributed by atoms with E-state index in [1.54, 1.807) is 26.4 Å². The van der Waals surface area contributed by atoms with Gasteiger partial charge in [-0.3, -0.25) is 0 Å². The number of halogens is 1. The normalized spacial score (nSPS) is 11.5. The molecule has 24 heavy (non-hydrogen) atoms. The van der Waals surface area contributed by atoms with Gasteiger partial charge in [-0.25, -0.2) is 4.39 Å². The fourth-order valence-corrected chi connectivity index (χ4v) is 2.64. The average molecular weight is 348 g/mol. The molecule has 0 heterocycles. The first-order valence-electron chi connectivity index (χ1n) is 7.62. The number of anilines is 1. The van der Waals surface area contributed by atoms with E-state index in [0.29, 0.717) is 22.3 Å². The third-order valence-corrected chi connectivity index (χ3v) is 3.83. The molecule has 128 valence electrons. The van der Waals surface area contributed by atoms with Gasteiger partial charge in [0.15, 0.2) is 16.6 Å². The number of hydrogen-bond acceptors (Lipinski definition) is 3. The van der Waals surface area contributed by atoms with Gasteiger partial charge in [0.1, 0.15) is 5.82 Å². The lowest BCUT2D eigenvalue weighted by atomic mass is 10.0. The Balaban J connectivity index is 2.09. The highest BCUT2D eigenvalue weighted by Crippen LogP contribution is 2.30. The van der Waals surface area contributed by atoms with Crippen molar-refractivity contribution >= 4 is 23.0 Å². The summed E-state index contributed by atoms with van der Waals surface area (Å²) in [4.78, 5) is 0. The second kappa shape index (κ2) is 8.49. The van der Waals surface area contributed by atoms with E-state index in [9.17, 15) is 4.39 Å². The van der Waals surface area contributed by atoms with Gasteiger partial charge in [0.2, 0.25) is 0 Å². The van der Waals surface area contributed by atoms with Crippen LogP contribution in [0.5, 0.6) is 11.5 Å². The van der Waals surface area contributed by atoms with Gasteiger partial charge in [-0.2, -0.15) is 0 Å². The molecular weight excluding hydrogens is 327 g/mol. The Kier molecular flexibility index (Phi) is 6.37. The molecule has 0 unspecified atom stereocenters. The van der Waals surface area contributed by atoms with E-state index in [4.69, 9.17) is 21.7 Å². The van der Waals surface area contributed by atoms with E-state index in [1.807, 2.05) is 18.2 Å². The Morgan fingerprint density at radius 3 is 2.50 bits per heavy atom. The van der Waals surface area contributed by atoms with Gasteiger partial charge in [-0.05, 0) is 54.5 Å². The molecule has 0 spiro atoms. The van der Waals surface area contributed by atoms with Crippen molar-refractivity contribution in [2.24, 2.45) is 0 Å². The minimum absolute atomic E-state index is 0.00151. The van der Waals surface area contributed by atoms with Crippen LogP contribution in [0.3, 0.4) is 0 Å². The van der Waals surface area contributed by atoms with E-state index in [0.717, 1.165) is 12.0 Å². The quantitative estimate of drug-likeness (QED) is 0.763. The number of benzene rings is 2. The molecule has 0 aliphatic rings. The molecule has 0 aliphatic carbocycles. The zero-order valence-electron chi connectivity index (χ0n) is 13.9. The fraction of sp³-hybridized carbons (Fsp3) is 0.278. The Hall–Kier alpha value is -2.34. The van der Waals surface area contributed by atoms with Crippen LogP contribution in [0.4, 0.5) is 10.1 Å². The zero-order chi connectivity index (χ0) is 17.5. The molecule has 2 aromatic carbocycles. The lowest BCUT2D eigenvalue weighted by molar-refractivity contribution is 0.354. The summed E-state index contributed by atoms with van der Waals surface area (Å²) < 4.78 is 23.8. The number of methoxy groups -OCH3 is 2. The van der Waals surface area contributed by atoms with Crippen molar-refractivity contribution in [1.82, 2.24) is 5.32 Å². The molecule has 0 fully saturated rings. The molecular formula is C18H21FN2O2S. The number of rotatable bonds is 6. The molecule has 6 heteroatoms. The molecule has 0 bridgehead atoms. The molecule has 0 amide bonds. The number of thiocarbonyl (C=S) groups is 1. The van der Waals surface area contributed by atoms with Crippen LogP contribution in [0.1, 0.15) is 24.9 Å². The van der Waals surface area contributed by atoms with Crippen molar-refractivity contribution < 1.29 is 13.9 Å². The van der Waals surface area contributed by atoms with Crippen molar-refractivity contribution in [1.29, 1.82) is 0 Å². The maximum Gasteiger partial charge on any atom is 0.171 e. The van der Waals surface area contributed by atoms with Crippen LogP contribution in [0, 0.1) is 5.82 Å². The summed E-state index contributed by atoms with van der Waals surface area (Å²) in [6.45, 7) is 2.05. The lowest BCUT2D eigenvalue weighted by Crippen LogP contribution is -2.32. The van der Waals surface area contributed by atoms with Crippen LogP contribution < -0.4 is 20.1 Å². The van der Waals surface area contributed by atoms with E-state index in [-0.39, 0.29) is 11.9 Å². The summed E-state index contributed by atoms with van der Waals surface area (Å²) in [5.74, 6) is 1.03. The van der Waals surface area contributed by atoms with Crippen molar-refractivity contribution in [3.63, 3.8) is 0 Å². The number of hydrogen-bond donors (Lipinski definition) is 2. The molecule has 0 radical (unpaired) electrons. The monoisotopic (exact) mass is 348 g/mol. The standard InChI is InChI=1S/C18H21FN2O2S/c1-4-15(12-8-9-16(22-2)17(10-12)23-3)21-18(24)20-14-7-5-6-13(19)11-14/h5-11,15H,4H2,1-3H3,(H2,20,21,24)/t15-/m0/s1. The fourth-order valence-electron chi connectivity index (χ4n) is 2.38. The SMILES string of the molecule is CC[C@H](NC(=S)Nc1cccc(F)c1)c1ccc(OC)c(OC)c1. The molecule has 0 saturated carbocycles. The van der Waals surface area contributed by atoms with Crippen molar-refractivity contribution in [3.8, 4) is 11.5 Å². The summed E-state index contributed by atoms with van der Waals surface area (Å²) in [6.07, 6.45) is 0.820. The summed E-state index contributed by atoms with van der Waals surface area (Å²) in [5.41, 5.74) is 1.63. The second-order valence-electron chi connectivity index (χ2n) is 5.18. The average Bonchev–Trinajstić information content (AvgIpc) is 2.59. The zero-order valence-corrected chi connectivity index (χ0v) is 14.7. The van der Waals surface area contributed by atoms with E-state index in [2.05, 4.69) is 17.6 Å². The maximum absolute atomic E-state index is 13.2. The molecule has 2 N–H and O–H groups in total. The molecule has 1 atom stereocenters. The highest BCUT2D eigenvalue weighted by Gasteiger charge is 2.14. The smallest absolute Gasteiger partial charge is 0.171 e. The van der Waals surface area contributed by atoms with Crippen molar-refractivity contribution in [2.45, 2.75) is 19.4 Å². The molecule has 0 aromatic heterocycles. The van der Waals surface area contributed by atoms with Crippen molar-refractivity contribution in [3.05, 3.63) is 53.8 Å². The number of ether oxygens (including phenoxy) is 2. The lowest BCUT2D eigenvalue weighted by Gasteiger charge is -2.21. The Bertz CT molecular complexity index is 709. The first-order chi connectivity index (χ1) is 11.6. The minimum Gasteiger partial charge on any atom is -0.493 e. The Labute approximate surface area is 147 Å². The Morgan fingerprint density at radius 2 is 1.88 bits per heavy atom. The molecule has 0 saturated heterocycles. The van der Waals surface area contributed by atoms with Crippen LogP contribution in [0.25, 0.3) is 0 Å². The van der Waals surface area contributed by atoms with Crippen LogP contribution in [-0.2, 0) is 0 Å². The van der Waals surface area contributed by atoms with Gasteiger partial charge in [0, 0.05) is 5.69 Å². The highest BCUT2D eigenvalue weighted by atomic mass is 32.1. The third kappa shape index (κ3) is 4.58. The van der Waals surface area contributed by atoms with Gasteiger partial charge in [0.05, 0.1) is 20.3 Å². The predicted octanol–water partition coefficient (Wildman–Crippen LogP) is 4.28.